The highest BCUT2D eigenvalue weighted by molar-refractivity contribution is 9.11. The minimum Gasteiger partial charge on any atom is -0.480 e. The summed E-state index contributed by atoms with van der Waals surface area (Å²) in [6, 6.07) is 4.82. The van der Waals surface area contributed by atoms with Crippen LogP contribution < -0.4 is 0 Å². The van der Waals surface area contributed by atoms with Crippen molar-refractivity contribution in [2.45, 2.75) is 36.6 Å². The summed E-state index contributed by atoms with van der Waals surface area (Å²) in [5.41, 5.74) is -1.40. The van der Waals surface area contributed by atoms with Crippen LogP contribution in [0.3, 0.4) is 0 Å². The van der Waals surface area contributed by atoms with Crippen molar-refractivity contribution in [3.8, 4) is 0 Å². The molecule has 0 spiro atoms. The lowest BCUT2D eigenvalue weighted by atomic mass is 9.91. The molecule has 0 aromatic heterocycles. The molecule has 0 saturated carbocycles. The summed E-state index contributed by atoms with van der Waals surface area (Å²) in [5.74, 6) is -1.11. The average molecular weight is 441 g/mol. The first kappa shape index (κ1) is 16.9. The maximum Gasteiger partial charge on any atom is 0.324 e. The Morgan fingerprint density at radius 3 is 2.62 bits per heavy atom. The first-order valence-corrected chi connectivity index (χ1v) is 9.43. The fourth-order valence-electron chi connectivity index (χ4n) is 2.49. The van der Waals surface area contributed by atoms with Crippen molar-refractivity contribution in [3.63, 3.8) is 0 Å². The van der Waals surface area contributed by atoms with E-state index < -0.39 is 21.5 Å². The fraction of sp³-hybridized carbons (Fsp3) is 0.462. The van der Waals surface area contributed by atoms with E-state index in [4.69, 9.17) is 0 Å². The first-order chi connectivity index (χ1) is 9.69. The van der Waals surface area contributed by atoms with Crippen LogP contribution in [-0.4, -0.2) is 35.9 Å². The molecule has 1 aliphatic heterocycles. The van der Waals surface area contributed by atoms with E-state index >= 15 is 0 Å². The van der Waals surface area contributed by atoms with Crippen molar-refractivity contribution >= 4 is 47.9 Å². The SMILES string of the molecule is CC1(C(=O)O)CCCCN1S(=O)(=O)c1cc(Br)ccc1Br. The number of halogens is 2. The molecule has 0 radical (unpaired) electrons. The molecule has 1 unspecified atom stereocenters. The normalized spacial score (nSPS) is 24.0. The highest BCUT2D eigenvalue weighted by atomic mass is 79.9. The van der Waals surface area contributed by atoms with E-state index in [0.29, 0.717) is 28.2 Å². The topological polar surface area (TPSA) is 74.7 Å². The van der Waals surface area contributed by atoms with Crippen molar-refractivity contribution in [1.29, 1.82) is 0 Å². The van der Waals surface area contributed by atoms with Crippen LogP contribution in [0.4, 0.5) is 0 Å². The largest absolute Gasteiger partial charge is 0.480 e. The molecule has 1 N–H and O–H groups in total. The maximum atomic E-state index is 12.9. The molecule has 116 valence electrons. The monoisotopic (exact) mass is 439 g/mol. The standard InChI is InChI=1S/C13H15Br2NO4S/c1-13(12(17)18)6-2-3-7-16(13)21(19,20)11-8-9(14)4-5-10(11)15/h4-5,8H,2-3,6-7H2,1H3,(H,17,18). The van der Waals surface area contributed by atoms with Gasteiger partial charge in [0.1, 0.15) is 5.54 Å². The van der Waals surface area contributed by atoms with E-state index in [0.717, 1.165) is 4.31 Å². The molecular formula is C13H15Br2NO4S. The van der Waals surface area contributed by atoms with E-state index in [1.807, 2.05) is 0 Å². The van der Waals surface area contributed by atoms with Gasteiger partial charge in [0.15, 0.2) is 0 Å². The van der Waals surface area contributed by atoms with Crippen LogP contribution in [-0.2, 0) is 14.8 Å². The van der Waals surface area contributed by atoms with Gasteiger partial charge in [0, 0.05) is 15.5 Å². The Morgan fingerprint density at radius 2 is 2.00 bits per heavy atom. The number of piperidine rings is 1. The van der Waals surface area contributed by atoms with Crippen molar-refractivity contribution in [2.24, 2.45) is 0 Å². The van der Waals surface area contributed by atoms with Crippen molar-refractivity contribution in [1.82, 2.24) is 4.31 Å². The number of hydrogen-bond acceptors (Lipinski definition) is 3. The van der Waals surface area contributed by atoms with Crippen LogP contribution >= 0.6 is 31.9 Å². The minimum atomic E-state index is -3.89. The summed E-state index contributed by atoms with van der Waals surface area (Å²) in [5, 5.41) is 9.47. The zero-order chi connectivity index (χ0) is 15.8. The van der Waals surface area contributed by atoms with Gasteiger partial charge in [-0.3, -0.25) is 4.79 Å². The summed E-state index contributed by atoms with van der Waals surface area (Å²) in [6.45, 7) is 1.68. The van der Waals surface area contributed by atoms with E-state index in [1.54, 1.807) is 12.1 Å². The third kappa shape index (κ3) is 3.04. The van der Waals surface area contributed by atoms with Crippen LogP contribution in [0.2, 0.25) is 0 Å². The van der Waals surface area contributed by atoms with Crippen LogP contribution in [0.1, 0.15) is 26.2 Å². The number of carboxylic acid groups (broad SMARTS) is 1. The minimum absolute atomic E-state index is 0.0752. The Bertz CT molecular complexity index is 677. The average Bonchev–Trinajstić information content (AvgIpc) is 2.41. The van der Waals surface area contributed by atoms with Crippen LogP contribution in [0.5, 0.6) is 0 Å². The number of hydrogen-bond donors (Lipinski definition) is 1. The third-order valence-corrected chi connectivity index (χ3v) is 7.25. The Kier molecular flexibility index (Phi) is 4.82. The zero-order valence-electron chi connectivity index (χ0n) is 11.3. The lowest BCUT2D eigenvalue weighted by Crippen LogP contribution is -2.57. The molecule has 5 nitrogen and oxygen atoms in total. The van der Waals surface area contributed by atoms with Crippen LogP contribution in [0.15, 0.2) is 32.0 Å². The molecular weight excluding hydrogens is 426 g/mol. The lowest BCUT2D eigenvalue weighted by molar-refractivity contribution is -0.149. The first-order valence-electron chi connectivity index (χ1n) is 6.41. The molecule has 1 heterocycles. The molecule has 1 aliphatic rings. The van der Waals surface area contributed by atoms with Crippen molar-refractivity contribution < 1.29 is 18.3 Å². The summed E-state index contributed by atoms with van der Waals surface area (Å²) in [7, 11) is -3.89. The Labute approximate surface area is 140 Å². The molecule has 8 heteroatoms. The lowest BCUT2D eigenvalue weighted by Gasteiger charge is -2.40. The van der Waals surface area contributed by atoms with Gasteiger partial charge in [-0.1, -0.05) is 15.9 Å². The second kappa shape index (κ2) is 5.98. The molecule has 1 aromatic carbocycles. The molecule has 1 atom stereocenters. The Balaban J connectivity index is 2.56. The van der Waals surface area contributed by atoms with Gasteiger partial charge in [-0.15, -0.1) is 0 Å². The summed E-state index contributed by atoms with van der Waals surface area (Å²) in [4.78, 5) is 11.7. The molecule has 0 amide bonds. The van der Waals surface area contributed by atoms with Gasteiger partial charge in [0.2, 0.25) is 10.0 Å². The predicted octanol–water partition coefficient (Wildman–Crippen LogP) is 3.23. The fourth-order valence-corrected chi connectivity index (χ4v) is 5.76. The summed E-state index contributed by atoms with van der Waals surface area (Å²) >= 11 is 6.48. The van der Waals surface area contributed by atoms with Gasteiger partial charge in [-0.25, -0.2) is 8.42 Å². The van der Waals surface area contributed by atoms with Gasteiger partial charge >= 0.3 is 5.97 Å². The van der Waals surface area contributed by atoms with Gasteiger partial charge in [0.05, 0.1) is 4.90 Å². The predicted molar refractivity (Wildman–Crippen MR) is 85.6 cm³/mol. The van der Waals surface area contributed by atoms with E-state index in [-0.39, 0.29) is 11.4 Å². The smallest absolute Gasteiger partial charge is 0.324 e. The molecule has 1 saturated heterocycles. The van der Waals surface area contributed by atoms with Gasteiger partial charge in [-0.05, 0) is 60.3 Å². The number of carboxylic acids is 1. The number of rotatable bonds is 3. The number of aliphatic carboxylic acids is 1. The van der Waals surface area contributed by atoms with Crippen LogP contribution in [0.25, 0.3) is 0 Å². The molecule has 0 bridgehead atoms. The van der Waals surface area contributed by atoms with Gasteiger partial charge in [-0.2, -0.15) is 4.31 Å². The molecule has 1 aromatic rings. The zero-order valence-corrected chi connectivity index (χ0v) is 15.3. The van der Waals surface area contributed by atoms with E-state index in [2.05, 4.69) is 31.9 Å². The highest BCUT2D eigenvalue weighted by Gasteiger charge is 2.48. The number of carbonyl (C=O) groups is 1. The Morgan fingerprint density at radius 1 is 1.33 bits per heavy atom. The maximum absolute atomic E-state index is 12.9. The second-order valence-corrected chi connectivity index (χ2v) is 8.79. The quantitative estimate of drug-likeness (QED) is 0.782. The Hall–Kier alpha value is -0.440. The molecule has 1 fully saturated rings. The highest BCUT2D eigenvalue weighted by Crippen LogP contribution is 2.36. The molecule has 2 rings (SSSR count). The second-order valence-electron chi connectivity index (χ2n) is 5.19. The van der Waals surface area contributed by atoms with Crippen molar-refractivity contribution in [2.75, 3.05) is 6.54 Å². The number of sulfonamides is 1. The third-order valence-electron chi connectivity index (χ3n) is 3.75. The van der Waals surface area contributed by atoms with E-state index in [1.165, 1.54) is 13.0 Å². The molecule has 21 heavy (non-hydrogen) atoms. The summed E-state index contributed by atoms with van der Waals surface area (Å²) in [6.07, 6.45) is 1.68. The summed E-state index contributed by atoms with van der Waals surface area (Å²) < 4.78 is 27.9. The van der Waals surface area contributed by atoms with Crippen LogP contribution in [0, 0.1) is 0 Å². The van der Waals surface area contributed by atoms with Crippen molar-refractivity contribution in [3.05, 3.63) is 27.1 Å². The van der Waals surface area contributed by atoms with Gasteiger partial charge < -0.3 is 5.11 Å². The molecule has 0 aliphatic carbocycles. The number of nitrogens with zero attached hydrogens (tertiary/aromatic N) is 1. The van der Waals surface area contributed by atoms with Gasteiger partial charge in [0.25, 0.3) is 0 Å². The number of benzene rings is 1. The van der Waals surface area contributed by atoms with E-state index in [9.17, 15) is 18.3 Å².